The minimum atomic E-state index is -1.16. The van der Waals surface area contributed by atoms with Gasteiger partial charge in [-0.25, -0.2) is 0 Å². The Balaban J connectivity index is 3.18. The van der Waals surface area contributed by atoms with Gasteiger partial charge >= 0.3 is 0 Å². The topological polar surface area (TPSA) is 58.2 Å². The van der Waals surface area contributed by atoms with Crippen molar-refractivity contribution in [1.29, 1.82) is 0 Å². The van der Waals surface area contributed by atoms with Gasteiger partial charge in [-0.2, -0.15) is 0 Å². The molecule has 0 unspecified atom stereocenters. The summed E-state index contributed by atoms with van der Waals surface area (Å²) in [6.07, 6.45) is 3.56. The molecule has 0 aromatic heterocycles. The van der Waals surface area contributed by atoms with Crippen molar-refractivity contribution in [1.82, 2.24) is 10.6 Å². The van der Waals surface area contributed by atoms with E-state index in [4.69, 9.17) is 12.2 Å². The number of allylic oxidation sites excluding steroid dienone is 1. The maximum absolute atomic E-state index is 12.1. The molecule has 2 N–H and O–H groups in total. The van der Waals surface area contributed by atoms with E-state index in [0.717, 1.165) is 0 Å². The van der Waals surface area contributed by atoms with Crippen molar-refractivity contribution in [3.05, 3.63) is 12.2 Å². The molecule has 1 rings (SSSR count). The molecule has 0 atom stereocenters. The Kier molecular flexibility index (Phi) is 4.03. The second kappa shape index (κ2) is 4.96. The molecule has 0 aliphatic carbocycles. The van der Waals surface area contributed by atoms with Crippen molar-refractivity contribution in [2.75, 3.05) is 0 Å². The molecule has 2 amide bonds. The predicted octanol–water partition coefficient (Wildman–Crippen LogP) is 1.37. The van der Waals surface area contributed by atoms with Crippen molar-refractivity contribution in [2.45, 2.75) is 27.7 Å². The van der Waals surface area contributed by atoms with Gasteiger partial charge in [0.15, 0.2) is 5.11 Å². The first-order chi connectivity index (χ1) is 7.80. The van der Waals surface area contributed by atoms with Crippen LogP contribution >= 0.6 is 12.2 Å². The number of thiocarbonyl (C=S) groups is 1. The maximum Gasteiger partial charge on any atom is 0.245 e. The first-order valence-electron chi connectivity index (χ1n) is 5.67. The fourth-order valence-electron chi connectivity index (χ4n) is 1.76. The number of rotatable bonds is 3. The van der Waals surface area contributed by atoms with Gasteiger partial charge in [-0.1, -0.05) is 39.8 Å². The summed E-state index contributed by atoms with van der Waals surface area (Å²) in [6, 6.07) is 0. The van der Waals surface area contributed by atoms with Crippen molar-refractivity contribution < 1.29 is 9.59 Å². The molecule has 1 fully saturated rings. The molecule has 1 saturated heterocycles. The molecule has 0 aromatic rings. The van der Waals surface area contributed by atoms with E-state index in [1.54, 1.807) is 6.08 Å². The Morgan fingerprint density at radius 1 is 1.12 bits per heavy atom. The van der Waals surface area contributed by atoms with Gasteiger partial charge in [-0.15, -0.1) is 0 Å². The van der Waals surface area contributed by atoms with Gasteiger partial charge < -0.3 is 10.6 Å². The summed E-state index contributed by atoms with van der Waals surface area (Å²) in [5.74, 6) is -0.558. The van der Waals surface area contributed by atoms with E-state index in [0.29, 0.717) is 0 Å². The highest BCUT2D eigenvalue weighted by molar-refractivity contribution is 7.80. The molecular weight excluding hydrogens is 236 g/mol. The molecule has 1 aliphatic heterocycles. The van der Waals surface area contributed by atoms with Crippen LogP contribution < -0.4 is 10.6 Å². The average Bonchev–Trinajstić information content (AvgIpc) is 2.15. The summed E-state index contributed by atoms with van der Waals surface area (Å²) in [7, 11) is 0. The second-order valence-corrected chi connectivity index (χ2v) is 5.27. The van der Waals surface area contributed by atoms with Gasteiger partial charge in [0.05, 0.1) is 0 Å². The van der Waals surface area contributed by atoms with E-state index in [1.165, 1.54) is 0 Å². The molecule has 0 radical (unpaired) electrons. The molecule has 17 heavy (non-hydrogen) atoms. The molecule has 94 valence electrons. The van der Waals surface area contributed by atoms with Crippen LogP contribution in [-0.2, 0) is 9.59 Å². The molecule has 5 heteroatoms. The minimum Gasteiger partial charge on any atom is -0.302 e. The molecule has 4 nitrogen and oxygen atoms in total. The van der Waals surface area contributed by atoms with Gasteiger partial charge in [0.25, 0.3) is 0 Å². The highest BCUT2D eigenvalue weighted by Crippen LogP contribution is 2.32. The number of carbonyl (C=O) groups excluding carboxylic acids is 2. The van der Waals surface area contributed by atoms with Crippen LogP contribution in [0.15, 0.2) is 12.2 Å². The van der Waals surface area contributed by atoms with Crippen LogP contribution in [0.5, 0.6) is 0 Å². The maximum atomic E-state index is 12.1. The minimum absolute atomic E-state index is 0.0780. The lowest BCUT2D eigenvalue weighted by Crippen LogP contribution is -2.63. The number of hydrogen-bond acceptors (Lipinski definition) is 3. The van der Waals surface area contributed by atoms with Gasteiger partial charge in [0.2, 0.25) is 11.8 Å². The molecule has 0 bridgehead atoms. The lowest BCUT2D eigenvalue weighted by Gasteiger charge is -2.35. The molecule has 1 aliphatic rings. The third kappa shape index (κ3) is 2.54. The average molecular weight is 254 g/mol. The van der Waals surface area contributed by atoms with E-state index in [-0.39, 0.29) is 28.8 Å². The van der Waals surface area contributed by atoms with Crippen molar-refractivity contribution in [2.24, 2.45) is 17.3 Å². The van der Waals surface area contributed by atoms with Crippen LogP contribution in [0.25, 0.3) is 0 Å². The van der Waals surface area contributed by atoms with Crippen molar-refractivity contribution in [3.8, 4) is 0 Å². The van der Waals surface area contributed by atoms with Crippen molar-refractivity contribution >= 4 is 29.1 Å². The van der Waals surface area contributed by atoms with Crippen LogP contribution in [0.4, 0.5) is 0 Å². The van der Waals surface area contributed by atoms with Crippen LogP contribution in [0, 0.1) is 17.3 Å². The first kappa shape index (κ1) is 13.8. The number of amides is 2. The molecule has 1 heterocycles. The Bertz CT molecular complexity index is 366. The SMILES string of the molecule is CC(C)C=CC1(C(C)C)C(=O)NC(=S)NC1=O. The fraction of sp³-hybridized carbons (Fsp3) is 0.583. The number of nitrogens with one attached hydrogen (secondary N) is 2. The molecular formula is C12H18N2O2S. The van der Waals surface area contributed by atoms with Crippen molar-refractivity contribution in [3.63, 3.8) is 0 Å². The largest absolute Gasteiger partial charge is 0.302 e. The smallest absolute Gasteiger partial charge is 0.245 e. The highest BCUT2D eigenvalue weighted by atomic mass is 32.1. The Hall–Kier alpha value is -1.23. The van der Waals surface area contributed by atoms with E-state index >= 15 is 0 Å². The molecule has 0 spiro atoms. The van der Waals surface area contributed by atoms with Gasteiger partial charge in [-0.05, 0) is 24.1 Å². The summed E-state index contributed by atoms with van der Waals surface area (Å²) in [4.78, 5) is 24.2. The third-order valence-electron chi connectivity index (χ3n) is 2.86. The Labute approximate surface area is 107 Å². The van der Waals surface area contributed by atoms with Gasteiger partial charge in [-0.3, -0.25) is 9.59 Å². The van der Waals surface area contributed by atoms with Gasteiger partial charge in [0, 0.05) is 0 Å². The zero-order valence-corrected chi connectivity index (χ0v) is 11.4. The lowest BCUT2D eigenvalue weighted by atomic mass is 9.74. The van der Waals surface area contributed by atoms with E-state index in [1.807, 2.05) is 33.8 Å². The monoisotopic (exact) mass is 254 g/mol. The molecule has 0 aromatic carbocycles. The summed E-state index contributed by atoms with van der Waals surface area (Å²) in [6.45, 7) is 7.68. The van der Waals surface area contributed by atoms with E-state index < -0.39 is 5.41 Å². The Morgan fingerprint density at radius 2 is 1.59 bits per heavy atom. The fourth-order valence-corrected chi connectivity index (χ4v) is 1.95. The highest BCUT2D eigenvalue weighted by Gasteiger charge is 2.49. The standard InChI is InChI=1S/C12H18N2O2S/c1-7(2)5-6-12(8(3)4)9(15)13-11(17)14-10(12)16/h5-8H,1-4H3,(H2,13,14,15,16,17). The summed E-state index contributed by atoms with van der Waals surface area (Å²) in [5.41, 5.74) is -1.16. The number of carbonyl (C=O) groups is 2. The lowest BCUT2D eigenvalue weighted by molar-refractivity contribution is -0.142. The van der Waals surface area contributed by atoms with Crippen LogP contribution in [-0.4, -0.2) is 16.9 Å². The number of hydrogen-bond donors (Lipinski definition) is 2. The Morgan fingerprint density at radius 3 is 1.94 bits per heavy atom. The first-order valence-corrected chi connectivity index (χ1v) is 6.07. The molecule has 0 saturated carbocycles. The van der Waals surface area contributed by atoms with Crippen LogP contribution in [0.3, 0.4) is 0 Å². The zero-order chi connectivity index (χ0) is 13.2. The summed E-state index contributed by atoms with van der Waals surface area (Å²) in [5, 5.41) is 5.11. The summed E-state index contributed by atoms with van der Waals surface area (Å²) >= 11 is 4.80. The predicted molar refractivity (Wildman–Crippen MR) is 70.1 cm³/mol. The van der Waals surface area contributed by atoms with Crippen LogP contribution in [0.2, 0.25) is 0 Å². The third-order valence-corrected chi connectivity index (χ3v) is 3.06. The van der Waals surface area contributed by atoms with E-state index in [9.17, 15) is 9.59 Å². The van der Waals surface area contributed by atoms with Crippen LogP contribution in [0.1, 0.15) is 27.7 Å². The second-order valence-electron chi connectivity index (χ2n) is 4.86. The normalized spacial score (nSPS) is 20.0. The quantitative estimate of drug-likeness (QED) is 0.454. The van der Waals surface area contributed by atoms with E-state index in [2.05, 4.69) is 10.6 Å². The summed E-state index contributed by atoms with van der Waals surface area (Å²) < 4.78 is 0. The zero-order valence-electron chi connectivity index (χ0n) is 10.5. The van der Waals surface area contributed by atoms with Gasteiger partial charge in [0.1, 0.15) is 5.41 Å².